The van der Waals surface area contributed by atoms with E-state index in [1.54, 1.807) is 0 Å². The van der Waals surface area contributed by atoms with Crippen molar-refractivity contribution in [1.29, 1.82) is 0 Å². The zero-order chi connectivity index (χ0) is 11.4. The first kappa shape index (κ1) is 11.1. The SMILES string of the molecule is C#CCc1cc(C)c(NC(N)=O)c(C)c1. The molecule has 1 aromatic rings. The Morgan fingerprint density at radius 2 is 2.00 bits per heavy atom. The van der Waals surface area contributed by atoms with Crippen LogP contribution in [0.2, 0.25) is 0 Å². The quantitative estimate of drug-likeness (QED) is 0.708. The van der Waals surface area contributed by atoms with Gasteiger partial charge in [0.2, 0.25) is 0 Å². The number of urea groups is 1. The second kappa shape index (κ2) is 4.52. The van der Waals surface area contributed by atoms with E-state index in [2.05, 4.69) is 11.2 Å². The summed E-state index contributed by atoms with van der Waals surface area (Å²) in [5, 5.41) is 2.60. The predicted molar refractivity (Wildman–Crippen MR) is 61.7 cm³/mol. The normalized spacial score (nSPS) is 9.40. The van der Waals surface area contributed by atoms with Gasteiger partial charge in [-0.05, 0) is 30.5 Å². The first-order valence-corrected chi connectivity index (χ1v) is 4.64. The Labute approximate surface area is 89.7 Å². The van der Waals surface area contributed by atoms with Gasteiger partial charge >= 0.3 is 6.03 Å². The molecular weight excluding hydrogens is 188 g/mol. The van der Waals surface area contributed by atoms with Crippen molar-refractivity contribution in [3.8, 4) is 12.3 Å². The van der Waals surface area contributed by atoms with E-state index >= 15 is 0 Å². The maximum atomic E-state index is 10.8. The number of amides is 2. The average molecular weight is 202 g/mol. The lowest BCUT2D eigenvalue weighted by molar-refractivity contribution is 0.259. The zero-order valence-electron chi connectivity index (χ0n) is 8.92. The monoisotopic (exact) mass is 202 g/mol. The van der Waals surface area contributed by atoms with Crippen LogP contribution in [0, 0.1) is 26.2 Å². The Morgan fingerprint density at radius 3 is 2.40 bits per heavy atom. The van der Waals surface area contributed by atoms with E-state index in [1.807, 2.05) is 26.0 Å². The van der Waals surface area contributed by atoms with Gasteiger partial charge in [-0.2, -0.15) is 0 Å². The second-order valence-corrected chi connectivity index (χ2v) is 3.47. The molecule has 0 radical (unpaired) electrons. The van der Waals surface area contributed by atoms with Crippen molar-refractivity contribution in [2.45, 2.75) is 20.3 Å². The molecule has 15 heavy (non-hydrogen) atoms. The molecule has 2 amide bonds. The minimum atomic E-state index is -0.550. The van der Waals surface area contributed by atoms with Crippen molar-refractivity contribution in [2.75, 3.05) is 5.32 Å². The van der Waals surface area contributed by atoms with Crippen molar-refractivity contribution < 1.29 is 4.79 Å². The fourth-order valence-corrected chi connectivity index (χ4v) is 1.59. The highest BCUT2D eigenvalue weighted by molar-refractivity contribution is 5.89. The van der Waals surface area contributed by atoms with E-state index in [4.69, 9.17) is 12.2 Å². The van der Waals surface area contributed by atoms with Gasteiger partial charge in [0.15, 0.2) is 0 Å². The van der Waals surface area contributed by atoms with Gasteiger partial charge in [0.25, 0.3) is 0 Å². The maximum Gasteiger partial charge on any atom is 0.316 e. The molecule has 0 bridgehead atoms. The van der Waals surface area contributed by atoms with Gasteiger partial charge in [-0.1, -0.05) is 12.1 Å². The number of carbonyl (C=O) groups is 1. The smallest absolute Gasteiger partial charge is 0.316 e. The van der Waals surface area contributed by atoms with E-state index < -0.39 is 6.03 Å². The van der Waals surface area contributed by atoms with Crippen LogP contribution >= 0.6 is 0 Å². The molecule has 3 nitrogen and oxygen atoms in total. The fraction of sp³-hybridized carbons (Fsp3) is 0.250. The number of nitrogens with one attached hydrogen (secondary N) is 1. The van der Waals surface area contributed by atoms with Crippen LogP contribution in [0.5, 0.6) is 0 Å². The number of hydrogen-bond donors (Lipinski definition) is 2. The Hall–Kier alpha value is -1.95. The van der Waals surface area contributed by atoms with Gasteiger partial charge in [-0.25, -0.2) is 4.79 Å². The highest BCUT2D eigenvalue weighted by atomic mass is 16.2. The number of carbonyl (C=O) groups excluding carboxylic acids is 1. The molecule has 0 saturated carbocycles. The van der Waals surface area contributed by atoms with Crippen LogP contribution in [0.3, 0.4) is 0 Å². The number of rotatable bonds is 2. The molecule has 0 aliphatic rings. The molecule has 1 rings (SSSR count). The van der Waals surface area contributed by atoms with E-state index in [1.165, 1.54) is 0 Å². The van der Waals surface area contributed by atoms with Crippen molar-refractivity contribution in [1.82, 2.24) is 0 Å². The highest BCUT2D eigenvalue weighted by Crippen LogP contribution is 2.22. The number of hydrogen-bond acceptors (Lipinski definition) is 1. The molecule has 0 aliphatic heterocycles. The predicted octanol–water partition coefficient (Wildman–Crippen LogP) is 1.97. The highest BCUT2D eigenvalue weighted by Gasteiger charge is 2.06. The van der Waals surface area contributed by atoms with Crippen molar-refractivity contribution in [3.63, 3.8) is 0 Å². The van der Waals surface area contributed by atoms with Crippen molar-refractivity contribution >= 4 is 11.7 Å². The van der Waals surface area contributed by atoms with E-state index in [0.29, 0.717) is 6.42 Å². The Balaban J connectivity index is 3.10. The summed E-state index contributed by atoms with van der Waals surface area (Å²) in [5.41, 5.74) is 8.86. The zero-order valence-corrected chi connectivity index (χ0v) is 8.92. The average Bonchev–Trinajstić information content (AvgIpc) is 2.11. The second-order valence-electron chi connectivity index (χ2n) is 3.47. The van der Waals surface area contributed by atoms with Crippen LogP contribution in [-0.2, 0) is 6.42 Å². The van der Waals surface area contributed by atoms with Crippen LogP contribution in [0.25, 0.3) is 0 Å². The molecule has 0 saturated heterocycles. The molecule has 0 atom stereocenters. The molecule has 3 heteroatoms. The number of benzene rings is 1. The van der Waals surface area contributed by atoms with Gasteiger partial charge in [0.1, 0.15) is 0 Å². The molecule has 3 N–H and O–H groups in total. The number of terminal acetylenes is 1. The van der Waals surface area contributed by atoms with Crippen LogP contribution in [0.15, 0.2) is 12.1 Å². The Morgan fingerprint density at radius 1 is 1.47 bits per heavy atom. The van der Waals surface area contributed by atoms with Gasteiger partial charge < -0.3 is 11.1 Å². The number of nitrogens with two attached hydrogens (primary N) is 1. The lowest BCUT2D eigenvalue weighted by Crippen LogP contribution is -2.20. The third kappa shape index (κ3) is 2.75. The van der Waals surface area contributed by atoms with Crippen molar-refractivity contribution in [2.24, 2.45) is 5.73 Å². The largest absolute Gasteiger partial charge is 0.351 e. The fourth-order valence-electron chi connectivity index (χ4n) is 1.59. The summed E-state index contributed by atoms with van der Waals surface area (Å²) in [6.45, 7) is 3.83. The summed E-state index contributed by atoms with van der Waals surface area (Å²) in [6.07, 6.45) is 5.84. The summed E-state index contributed by atoms with van der Waals surface area (Å²) in [6, 6.07) is 3.36. The Bertz CT molecular complexity index is 407. The van der Waals surface area contributed by atoms with Gasteiger partial charge in [0, 0.05) is 12.1 Å². The van der Waals surface area contributed by atoms with E-state index in [-0.39, 0.29) is 0 Å². The maximum absolute atomic E-state index is 10.8. The van der Waals surface area contributed by atoms with E-state index in [0.717, 1.165) is 22.4 Å². The van der Waals surface area contributed by atoms with Gasteiger partial charge in [-0.15, -0.1) is 12.3 Å². The van der Waals surface area contributed by atoms with Crippen LogP contribution < -0.4 is 11.1 Å². The van der Waals surface area contributed by atoms with Crippen molar-refractivity contribution in [3.05, 3.63) is 28.8 Å². The molecule has 0 aliphatic carbocycles. The minimum Gasteiger partial charge on any atom is -0.351 e. The third-order valence-corrected chi connectivity index (χ3v) is 2.15. The molecule has 0 unspecified atom stereocenters. The molecule has 0 fully saturated rings. The van der Waals surface area contributed by atoms with Crippen LogP contribution in [-0.4, -0.2) is 6.03 Å². The lowest BCUT2D eigenvalue weighted by Gasteiger charge is -2.11. The number of anilines is 1. The first-order chi connectivity index (χ1) is 7.04. The lowest BCUT2D eigenvalue weighted by atomic mass is 10.0. The number of aryl methyl sites for hydroxylation is 2. The Kier molecular flexibility index (Phi) is 3.35. The van der Waals surface area contributed by atoms with Crippen LogP contribution in [0.4, 0.5) is 10.5 Å². The molecule has 1 aromatic carbocycles. The van der Waals surface area contributed by atoms with Gasteiger partial charge in [0.05, 0.1) is 0 Å². The summed E-state index contributed by atoms with van der Waals surface area (Å²) in [7, 11) is 0. The van der Waals surface area contributed by atoms with E-state index in [9.17, 15) is 4.79 Å². The molecule has 0 aromatic heterocycles. The molecule has 0 spiro atoms. The topological polar surface area (TPSA) is 55.1 Å². The van der Waals surface area contributed by atoms with Crippen LogP contribution in [0.1, 0.15) is 16.7 Å². The first-order valence-electron chi connectivity index (χ1n) is 4.64. The number of primary amides is 1. The van der Waals surface area contributed by atoms with Gasteiger partial charge in [-0.3, -0.25) is 0 Å². The third-order valence-electron chi connectivity index (χ3n) is 2.15. The summed E-state index contributed by atoms with van der Waals surface area (Å²) >= 11 is 0. The standard InChI is InChI=1S/C12H14N2O/c1-4-5-10-6-8(2)11(9(3)7-10)14-12(13)15/h1,6-7H,5H2,2-3H3,(H3,13,14,15). The molecular formula is C12H14N2O. The molecule has 0 heterocycles. The summed E-state index contributed by atoms with van der Waals surface area (Å²) in [4.78, 5) is 10.8. The summed E-state index contributed by atoms with van der Waals surface area (Å²) < 4.78 is 0. The molecule has 78 valence electrons. The summed E-state index contributed by atoms with van der Waals surface area (Å²) in [5.74, 6) is 2.59. The minimum absolute atomic E-state index is 0.550.